The quantitative estimate of drug-likeness (QED) is 0.672. The van der Waals surface area contributed by atoms with E-state index in [9.17, 15) is 4.79 Å². The molecule has 0 aromatic carbocycles. The number of alkyl halides is 1. The number of halogens is 1. The normalized spacial score (nSPS) is 21.1. The van der Waals surface area contributed by atoms with E-state index in [1.807, 2.05) is 4.90 Å². The van der Waals surface area contributed by atoms with Gasteiger partial charge in [-0.15, -0.1) is 11.6 Å². The van der Waals surface area contributed by atoms with Crippen LogP contribution in [0.5, 0.6) is 0 Å². The van der Waals surface area contributed by atoms with Gasteiger partial charge in [0.2, 0.25) is 5.91 Å². The molecular formula is C15H28ClNO. The van der Waals surface area contributed by atoms with Gasteiger partial charge in [0.05, 0.1) is 0 Å². The van der Waals surface area contributed by atoms with Gasteiger partial charge in [-0.25, -0.2) is 0 Å². The van der Waals surface area contributed by atoms with E-state index < -0.39 is 0 Å². The summed E-state index contributed by atoms with van der Waals surface area (Å²) in [6.07, 6.45) is 2.01. The van der Waals surface area contributed by atoms with Gasteiger partial charge in [0, 0.05) is 24.4 Å². The summed E-state index contributed by atoms with van der Waals surface area (Å²) in [6, 6.07) is 0.337. The van der Waals surface area contributed by atoms with E-state index in [0.29, 0.717) is 24.4 Å². The molecule has 1 saturated carbocycles. The molecule has 1 amide bonds. The fraction of sp³-hybridized carbons (Fsp3) is 0.933. The molecular weight excluding hydrogens is 246 g/mol. The Morgan fingerprint density at radius 3 is 1.89 bits per heavy atom. The Balaban J connectivity index is 2.86. The average Bonchev–Trinajstić information content (AvgIpc) is 2.69. The maximum Gasteiger partial charge on any atom is 0.227 e. The van der Waals surface area contributed by atoms with Gasteiger partial charge in [-0.3, -0.25) is 4.79 Å². The van der Waals surface area contributed by atoms with Crippen molar-refractivity contribution in [3.8, 4) is 0 Å². The second-order valence-corrected chi connectivity index (χ2v) is 6.95. The zero-order valence-electron chi connectivity index (χ0n) is 12.7. The molecule has 0 aliphatic heterocycles. The van der Waals surface area contributed by atoms with Crippen LogP contribution in [0.15, 0.2) is 0 Å². The Morgan fingerprint density at radius 2 is 1.61 bits per heavy atom. The highest BCUT2D eigenvalue weighted by Crippen LogP contribution is 2.68. The minimum atomic E-state index is 0.112. The van der Waals surface area contributed by atoms with Crippen molar-refractivity contribution in [3.63, 3.8) is 0 Å². The number of amides is 1. The molecule has 0 N–H and O–H groups in total. The van der Waals surface area contributed by atoms with Gasteiger partial charge < -0.3 is 4.90 Å². The van der Waals surface area contributed by atoms with E-state index in [1.54, 1.807) is 0 Å². The lowest BCUT2D eigenvalue weighted by Crippen LogP contribution is -2.43. The third-order valence-electron chi connectivity index (χ3n) is 5.26. The first-order chi connectivity index (χ1) is 8.25. The van der Waals surface area contributed by atoms with E-state index in [0.717, 1.165) is 12.8 Å². The minimum absolute atomic E-state index is 0.112. The molecule has 0 heterocycles. The third kappa shape index (κ3) is 2.41. The molecule has 0 aromatic heterocycles. The summed E-state index contributed by atoms with van der Waals surface area (Å²) in [5.41, 5.74) is 0.224. The molecule has 0 unspecified atom stereocenters. The Bertz CT molecular complexity index is 294. The number of hydrogen-bond acceptors (Lipinski definition) is 1. The van der Waals surface area contributed by atoms with Crippen molar-refractivity contribution in [2.75, 3.05) is 12.4 Å². The maximum atomic E-state index is 12.8. The van der Waals surface area contributed by atoms with E-state index in [4.69, 9.17) is 11.6 Å². The topological polar surface area (TPSA) is 20.3 Å². The van der Waals surface area contributed by atoms with Crippen LogP contribution in [0.25, 0.3) is 0 Å². The number of nitrogens with zero attached hydrogens (tertiary/aromatic N) is 1. The predicted molar refractivity (Wildman–Crippen MR) is 77.9 cm³/mol. The van der Waals surface area contributed by atoms with Crippen LogP contribution in [0.1, 0.15) is 54.4 Å². The first kappa shape index (κ1) is 15.8. The highest BCUT2D eigenvalue weighted by atomic mass is 35.5. The summed E-state index contributed by atoms with van der Waals surface area (Å²) < 4.78 is 0. The molecule has 0 bridgehead atoms. The van der Waals surface area contributed by atoms with Gasteiger partial charge in [0.15, 0.2) is 0 Å². The zero-order chi connectivity index (χ0) is 14.1. The van der Waals surface area contributed by atoms with Crippen molar-refractivity contribution < 1.29 is 4.79 Å². The molecule has 18 heavy (non-hydrogen) atoms. The Labute approximate surface area is 117 Å². The number of carbonyl (C=O) groups is 1. The lowest BCUT2D eigenvalue weighted by atomic mass is 10.0. The zero-order valence-corrected chi connectivity index (χ0v) is 13.5. The van der Waals surface area contributed by atoms with Crippen molar-refractivity contribution in [2.45, 2.75) is 60.4 Å². The first-order valence-electron chi connectivity index (χ1n) is 7.12. The van der Waals surface area contributed by atoms with Crippen LogP contribution in [0, 0.1) is 16.7 Å². The van der Waals surface area contributed by atoms with Crippen LogP contribution in [0.4, 0.5) is 0 Å². The van der Waals surface area contributed by atoms with Crippen LogP contribution in [-0.2, 0) is 4.79 Å². The van der Waals surface area contributed by atoms with Gasteiger partial charge in [0.1, 0.15) is 0 Å². The maximum absolute atomic E-state index is 12.8. The summed E-state index contributed by atoms with van der Waals surface area (Å²) in [5.74, 6) is 0.976. The Hall–Kier alpha value is -0.240. The molecule has 3 heteroatoms. The Morgan fingerprint density at radius 1 is 1.17 bits per heavy atom. The molecule has 106 valence electrons. The third-order valence-corrected chi connectivity index (χ3v) is 5.43. The van der Waals surface area contributed by atoms with Crippen LogP contribution in [0.2, 0.25) is 0 Å². The monoisotopic (exact) mass is 273 g/mol. The minimum Gasteiger partial charge on any atom is -0.338 e. The second kappa shape index (κ2) is 5.40. The summed E-state index contributed by atoms with van der Waals surface area (Å²) in [4.78, 5) is 14.8. The number of carbonyl (C=O) groups excluding carboxylic acids is 1. The van der Waals surface area contributed by atoms with E-state index in [2.05, 4.69) is 41.5 Å². The van der Waals surface area contributed by atoms with Crippen LogP contribution >= 0.6 is 11.6 Å². The van der Waals surface area contributed by atoms with E-state index in [-0.39, 0.29) is 16.7 Å². The van der Waals surface area contributed by atoms with Crippen molar-refractivity contribution in [2.24, 2.45) is 16.7 Å². The fourth-order valence-corrected chi connectivity index (χ4v) is 3.45. The molecule has 1 aliphatic rings. The molecule has 0 atom stereocenters. The molecule has 0 radical (unpaired) electrons. The van der Waals surface area contributed by atoms with Crippen molar-refractivity contribution in [3.05, 3.63) is 0 Å². The van der Waals surface area contributed by atoms with Crippen LogP contribution in [0.3, 0.4) is 0 Å². The van der Waals surface area contributed by atoms with Crippen LogP contribution in [-0.4, -0.2) is 29.3 Å². The smallest absolute Gasteiger partial charge is 0.227 e. The largest absolute Gasteiger partial charge is 0.338 e. The summed E-state index contributed by atoms with van der Waals surface area (Å²) >= 11 is 5.87. The highest BCUT2D eigenvalue weighted by Gasteiger charge is 2.68. The molecule has 0 aromatic rings. The summed E-state index contributed by atoms with van der Waals surface area (Å²) in [6.45, 7) is 13.7. The van der Waals surface area contributed by atoms with Gasteiger partial charge >= 0.3 is 0 Å². The van der Waals surface area contributed by atoms with E-state index >= 15 is 0 Å². The predicted octanol–water partition coefficient (Wildman–Crippen LogP) is 3.92. The van der Waals surface area contributed by atoms with Gasteiger partial charge in [-0.05, 0) is 23.7 Å². The Kier molecular flexibility index (Phi) is 4.75. The molecule has 1 aliphatic carbocycles. The lowest BCUT2D eigenvalue weighted by Gasteiger charge is -2.31. The van der Waals surface area contributed by atoms with E-state index in [1.165, 1.54) is 0 Å². The van der Waals surface area contributed by atoms with Gasteiger partial charge in [0.25, 0.3) is 0 Å². The summed E-state index contributed by atoms with van der Waals surface area (Å²) in [5, 5.41) is 0. The molecule has 1 rings (SSSR count). The first-order valence-corrected chi connectivity index (χ1v) is 7.65. The average molecular weight is 274 g/mol. The van der Waals surface area contributed by atoms with Gasteiger partial charge in [-0.1, -0.05) is 41.5 Å². The highest BCUT2D eigenvalue weighted by molar-refractivity contribution is 6.18. The van der Waals surface area contributed by atoms with Crippen molar-refractivity contribution in [1.82, 2.24) is 4.90 Å². The molecule has 2 nitrogen and oxygen atoms in total. The summed E-state index contributed by atoms with van der Waals surface area (Å²) in [7, 11) is 0. The SMILES string of the molecule is CCC(CC)N(CCCl)C(=O)C1C(C)(C)C1(C)C. The molecule has 0 spiro atoms. The number of hydrogen-bond donors (Lipinski definition) is 0. The standard InChI is InChI=1S/C15H28ClNO/c1-7-11(8-2)17(10-9-16)13(18)12-14(3,4)15(12,5)6/h11-12H,7-10H2,1-6H3. The number of rotatable bonds is 6. The molecule has 0 saturated heterocycles. The van der Waals surface area contributed by atoms with Crippen molar-refractivity contribution in [1.29, 1.82) is 0 Å². The second-order valence-electron chi connectivity index (χ2n) is 6.57. The lowest BCUT2D eigenvalue weighted by molar-refractivity contribution is -0.136. The van der Waals surface area contributed by atoms with Crippen molar-refractivity contribution >= 4 is 17.5 Å². The fourth-order valence-electron chi connectivity index (χ4n) is 3.27. The molecule has 1 fully saturated rings. The van der Waals surface area contributed by atoms with Crippen LogP contribution < -0.4 is 0 Å². The van der Waals surface area contributed by atoms with Gasteiger partial charge in [-0.2, -0.15) is 0 Å².